The second kappa shape index (κ2) is 6.42. The molecule has 0 radical (unpaired) electrons. The van der Waals surface area contributed by atoms with Crippen LogP contribution in [0.1, 0.15) is 31.2 Å². The number of nitrogens with zero attached hydrogens (tertiary/aromatic N) is 1. The molecule has 3 aliphatic rings. The van der Waals surface area contributed by atoms with Crippen LogP contribution >= 0.6 is 15.9 Å². The van der Waals surface area contributed by atoms with E-state index in [1.807, 2.05) is 38.4 Å². The van der Waals surface area contributed by atoms with E-state index in [9.17, 15) is 9.59 Å². The molecule has 0 heterocycles. The predicted octanol–water partition coefficient (Wildman–Crippen LogP) is 2.58. The quantitative estimate of drug-likeness (QED) is 0.631. The molecule has 6 heteroatoms. The van der Waals surface area contributed by atoms with E-state index < -0.39 is 22.6 Å². The summed E-state index contributed by atoms with van der Waals surface area (Å²) in [6, 6.07) is 7.70. The molecule has 2 saturated carbocycles. The topological polar surface area (TPSA) is 89.4 Å². The van der Waals surface area contributed by atoms with Gasteiger partial charge in [0.2, 0.25) is 11.8 Å². The highest BCUT2D eigenvalue weighted by Gasteiger charge is 2.82. The first-order valence-electron chi connectivity index (χ1n) is 9.92. The number of amides is 2. The van der Waals surface area contributed by atoms with Crippen molar-refractivity contribution in [3.05, 3.63) is 46.5 Å². The third kappa shape index (κ3) is 2.28. The Balaban J connectivity index is 1.94. The zero-order valence-corrected chi connectivity index (χ0v) is 18.0. The molecule has 1 spiro atoms. The molecule has 0 saturated heterocycles. The molecule has 4 N–H and O–H groups in total. The third-order valence-corrected chi connectivity index (χ3v) is 8.10. The molecule has 4 rings (SSSR count). The number of halogens is 1. The Hall–Kier alpha value is -1.66. The van der Waals surface area contributed by atoms with Crippen LogP contribution in [0.2, 0.25) is 0 Å². The summed E-state index contributed by atoms with van der Waals surface area (Å²) in [4.78, 5) is 28.6. The van der Waals surface area contributed by atoms with Gasteiger partial charge >= 0.3 is 0 Å². The minimum absolute atomic E-state index is 0.0270. The summed E-state index contributed by atoms with van der Waals surface area (Å²) in [6.07, 6.45) is 7.67. The second-order valence-corrected chi connectivity index (χ2v) is 9.91. The molecule has 3 aliphatic carbocycles. The Labute approximate surface area is 174 Å². The molecule has 28 heavy (non-hydrogen) atoms. The SMILES string of the molecule is CN(C)CCC[C@@]1(C(N)=O)[C@@H]2C=C[C@@H](C23CC3)[C@@]1(C(N)=O)c1ccc(Br)cc1. The van der Waals surface area contributed by atoms with Gasteiger partial charge in [0.05, 0.1) is 10.8 Å². The number of carbonyl (C=O) groups excluding carboxylic acids is 2. The average Bonchev–Trinajstić information content (AvgIpc) is 3.29. The normalized spacial score (nSPS) is 34.3. The van der Waals surface area contributed by atoms with Crippen molar-refractivity contribution in [3.8, 4) is 0 Å². The van der Waals surface area contributed by atoms with Gasteiger partial charge < -0.3 is 16.4 Å². The van der Waals surface area contributed by atoms with Gasteiger partial charge in [-0.25, -0.2) is 0 Å². The number of allylic oxidation sites excluding steroid dienone is 2. The van der Waals surface area contributed by atoms with Gasteiger partial charge in [-0.3, -0.25) is 9.59 Å². The molecular weight excluding hydrogens is 418 g/mol. The van der Waals surface area contributed by atoms with Crippen LogP contribution < -0.4 is 11.5 Å². The first kappa shape index (κ1) is 19.6. The highest BCUT2D eigenvalue weighted by Crippen LogP contribution is 2.80. The number of benzene rings is 1. The molecule has 2 amide bonds. The number of hydrogen-bond donors (Lipinski definition) is 2. The van der Waals surface area contributed by atoms with Crippen molar-refractivity contribution in [1.29, 1.82) is 0 Å². The molecular formula is C22H28BrN3O2. The number of carbonyl (C=O) groups is 2. The highest BCUT2D eigenvalue weighted by atomic mass is 79.9. The lowest BCUT2D eigenvalue weighted by Crippen LogP contribution is -2.62. The van der Waals surface area contributed by atoms with Crippen LogP contribution in [0.3, 0.4) is 0 Å². The van der Waals surface area contributed by atoms with E-state index in [1.165, 1.54) is 0 Å². The van der Waals surface area contributed by atoms with Crippen LogP contribution in [0.25, 0.3) is 0 Å². The van der Waals surface area contributed by atoms with E-state index in [0.29, 0.717) is 6.42 Å². The highest BCUT2D eigenvalue weighted by molar-refractivity contribution is 9.10. The Kier molecular flexibility index (Phi) is 4.51. The molecule has 4 atom stereocenters. The van der Waals surface area contributed by atoms with E-state index in [4.69, 9.17) is 11.5 Å². The van der Waals surface area contributed by atoms with Crippen molar-refractivity contribution in [2.75, 3.05) is 20.6 Å². The zero-order valence-electron chi connectivity index (χ0n) is 16.5. The van der Waals surface area contributed by atoms with Gasteiger partial charge in [-0.2, -0.15) is 0 Å². The number of nitrogens with two attached hydrogens (primary N) is 2. The van der Waals surface area contributed by atoms with E-state index in [2.05, 4.69) is 33.0 Å². The van der Waals surface area contributed by atoms with Crippen molar-refractivity contribution in [2.45, 2.75) is 31.1 Å². The predicted molar refractivity (Wildman–Crippen MR) is 112 cm³/mol. The van der Waals surface area contributed by atoms with Crippen molar-refractivity contribution in [1.82, 2.24) is 4.90 Å². The Morgan fingerprint density at radius 1 is 1.07 bits per heavy atom. The van der Waals surface area contributed by atoms with Crippen LogP contribution in [-0.4, -0.2) is 37.4 Å². The van der Waals surface area contributed by atoms with Crippen LogP contribution in [0.15, 0.2) is 40.9 Å². The van der Waals surface area contributed by atoms with Crippen LogP contribution in [0.5, 0.6) is 0 Å². The monoisotopic (exact) mass is 445 g/mol. The van der Waals surface area contributed by atoms with Gasteiger partial charge in [-0.1, -0.05) is 40.2 Å². The summed E-state index contributed by atoms with van der Waals surface area (Å²) in [5.41, 5.74) is 11.0. The van der Waals surface area contributed by atoms with Crippen molar-refractivity contribution < 1.29 is 9.59 Å². The van der Waals surface area contributed by atoms with Crippen LogP contribution in [-0.2, 0) is 15.0 Å². The molecule has 1 aromatic rings. The molecule has 150 valence electrons. The average molecular weight is 446 g/mol. The summed E-state index contributed by atoms with van der Waals surface area (Å²) in [6.45, 7) is 0.832. The minimum atomic E-state index is -1.10. The van der Waals surface area contributed by atoms with Gasteiger partial charge in [-0.15, -0.1) is 0 Å². The van der Waals surface area contributed by atoms with E-state index >= 15 is 0 Å². The molecule has 0 unspecified atom stereocenters. The standard InChI is InChI=1S/C22H28BrN3O2/c1-26(2)13-3-10-21(18(24)27)16-8-9-17(20(16)11-12-20)22(21,19(25)28)14-4-6-15(23)7-5-14/h4-9,16-17H,3,10-13H2,1-2H3,(H2,24,27)(H2,25,28)/t16-,17+,21+,22-/m1/s1. The fourth-order valence-electron chi connectivity index (χ4n) is 6.48. The van der Waals surface area contributed by atoms with E-state index in [-0.39, 0.29) is 17.3 Å². The van der Waals surface area contributed by atoms with Gasteiger partial charge in [0.1, 0.15) is 0 Å². The maximum absolute atomic E-state index is 13.3. The van der Waals surface area contributed by atoms with E-state index in [1.54, 1.807) is 0 Å². The fourth-order valence-corrected chi connectivity index (χ4v) is 6.75. The Bertz CT molecular complexity index is 846. The molecule has 1 aromatic carbocycles. The van der Waals surface area contributed by atoms with Crippen LogP contribution in [0.4, 0.5) is 0 Å². The van der Waals surface area contributed by atoms with Crippen molar-refractivity contribution in [2.24, 2.45) is 34.1 Å². The van der Waals surface area contributed by atoms with Gasteiger partial charge in [0.25, 0.3) is 0 Å². The van der Waals surface area contributed by atoms with Gasteiger partial charge in [0, 0.05) is 10.4 Å². The van der Waals surface area contributed by atoms with Crippen molar-refractivity contribution in [3.63, 3.8) is 0 Å². The maximum Gasteiger partial charge on any atom is 0.229 e. The number of rotatable bonds is 7. The summed E-state index contributed by atoms with van der Waals surface area (Å²) in [7, 11) is 4.02. The molecule has 0 aromatic heterocycles. The first-order valence-corrected chi connectivity index (χ1v) is 10.7. The molecule has 2 fully saturated rings. The Morgan fingerprint density at radius 2 is 1.68 bits per heavy atom. The minimum Gasteiger partial charge on any atom is -0.369 e. The largest absolute Gasteiger partial charge is 0.369 e. The lowest BCUT2D eigenvalue weighted by molar-refractivity contribution is -0.143. The summed E-state index contributed by atoms with van der Waals surface area (Å²) in [5.74, 6) is -0.922. The molecule has 2 bridgehead atoms. The third-order valence-electron chi connectivity index (χ3n) is 7.57. The van der Waals surface area contributed by atoms with Gasteiger partial charge in [-0.05, 0) is 75.4 Å². The smallest absolute Gasteiger partial charge is 0.229 e. The summed E-state index contributed by atoms with van der Waals surface area (Å²) >= 11 is 3.47. The molecule has 5 nitrogen and oxygen atoms in total. The van der Waals surface area contributed by atoms with Crippen LogP contribution in [0, 0.1) is 22.7 Å². The number of primary amides is 2. The fraction of sp³-hybridized carbons (Fsp3) is 0.545. The van der Waals surface area contributed by atoms with Gasteiger partial charge in [0.15, 0.2) is 0 Å². The maximum atomic E-state index is 13.3. The zero-order chi connectivity index (χ0) is 20.3. The summed E-state index contributed by atoms with van der Waals surface area (Å²) in [5, 5.41) is 0. The lowest BCUT2D eigenvalue weighted by atomic mass is 9.52. The first-order chi connectivity index (χ1) is 13.2. The Morgan fingerprint density at radius 3 is 2.18 bits per heavy atom. The lowest BCUT2D eigenvalue weighted by Gasteiger charge is -2.48. The molecule has 0 aliphatic heterocycles. The van der Waals surface area contributed by atoms with Crippen molar-refractivity contribution >= 4 is 27.7 Å². The van der Waals surface area contributed by atoms with E-state index in [0.717, 1.165) is 35.8 Å². The second-order valence-electron chi connectivity index (χ2n) is 8.99. The summed E-state index contributed by atoms with van der Waals surface area (Å²) < 4.78 is 0.924. The number of hydrogen-bond acceptors (Lipinski definition) is 3.